The van der Waals surface area contributed by atoms with E-state index in [0.717, 1.165) is 12.5 Å². The first kappa shape index (κ1) is 9.52. The lowest BCUT2D eigenvalue weighted by atomic mass is 10.6. The van der Waals surface area contributed by atoms with Crippen LogP contribution in [0.5, 0.6) is 0 Å². The molecular formula is C5H7N3O4S. The Hall–Kier alpha value is -1.57. The lowest BCUT2D eigenvalue weighted by molar-refractivity contribution is 0.606. The van der Waals surface area contributed by atoms with E-state index < -0.39 is 21.3 Å². The number of anilines is 1. The summed E-state index contributed by atoms with van der Waals surface area (Å²) in [4.78, 5) is 25.4. The number of hydrogen-bond donors (Lipinski definition) is 3. The standard InChI is InChI=1S/C5H7N3O4S/c1-13(11,12)8-3-2-6-5(10)7-4(3)9/h2,8H,1H3,(H2,6,7,9,10). The minimum Gasteiger partial charge on any atom is -0.312 e. The largest absolute Gasteiger partial charge is 0.325 e. The molecule has 0 aromatic carbocycles. The van der Waals surface area contributed by atoms with Crippen LogP contribution in [0, 0.1) is 0 Å². The Bertz CT molecular complexity index is 511. The lowest BCUT2D eigenvalue weighted by Gasteiger charge is -1.99. The van der Waals surface area contributed by atoms with Crippen molar-refractivity contribution in [3.05, 3.63) is 27.0 Å². The Morgan fingerprint density at radius 2 is 2.00 bits per heavy atom. The second kappa shape index (κ2) is 3.05. The molecule has 72 valence electrons. The van der Waals surface area contributed by atoms with Crippen LogP contribution in [0.4, 0.5) is 5.69 Å². The maximum atomic E-state index is 10.9. The maximum absolute atomic E-state index is 10.9. The molecule has 0 aliphatic carbocycles. The van der Waals surface area contributed by atoms with Gasteiger partial charge in [-0.15, -0.1) is 0 Å². The second-order valence-corrected chi connectivity index (χ2v) is 4.11. The molecule has 0 amide bonds. The first-order chi connectivity index (χ1) is 5.88. The van der Waals surface area contributed by atoms with Crippen LogP contribution in [0.3, 0.4) is 0 Å². The van der Waals surface area contributed by atoms with E-state index >= 15 is 0 Å². The molecule has 0 aliphatic heterocycles. The number of sulfonamides is 1. The molecule has 0 fully saturated rings. The van der Waals surface area contributed by atoms with Gasteiger partial charge >= 0.3 is 5.69 Å². The maximum Gasteiger partial charge on any atom is 0.325 e. The number of H-pyrrole nitrogens is 2. The van der Waals surface area contributed by atoms with Crippen molar-refractivity contribution >= 4 is 15.7 Å². The summed E-state index contributed by atoms with van der Waals surface area (Å²) in [7, 11) is -3.50. The van der Waals surface area contributed by atoms with Crippen LogP contribution < -0.4 is 16.0 Å². The molecule has 13 heavy (non-hydrogen) atoms. The van der Waals surface area contributed by atoms with Crippen molar-refractivity contribution in [2.75, 3.05) is 11.0 Å². The van der Waals surface area contributed by atoms with Gasteiger partial charge in [-0.2, -0.15) is 0 Å². The molecule has 0 atom stereocenters. The van der Waals surface area contributed by atoms with E-state index in [4.69, 9.17) is 0 Å². The monoisotopic (exact) mass is 205 g/mol. The number of aromatic nitrogens is 2. The molecular weight excluding hydrogens is 198 g/mol. The molecule has 8 heteroatoms. The van der Waals surface area contributed by atoms with Crippen molar-refractivity contribution in [3.8, 4) is 0 Å². The summed E-state index contributed by atoms with van der Waals surface area (Å²) in [6.45, 7) is 0. The SMILES string of the molecule is CS(=O)(=O)Nc1c[nH]c(=O)[nH]c1=O. The third-order valence-electron chi connectivity index (χ3n) is 1.11. The van der Waals surface area contributed by atoms with Gasteiger partial charge in [0.25, 0.3) is 5.56 Å². The molecule has 1 aromatic heterocycles. The summed E-state index contributed by atoms with van der Waals surface area (Å²) in [6.07, 6.45) is 1.89. The minimum absolute atomic E-state index is 0.220. The number of hydrogen-bond acceptors (Lipinski definition) is 4. The van der Waals surface area contributed by atoms with Gasteiger partial charge in [0.05, 0.1) is 6.26 Å². The van der Waals surface area contributed by atoms with Crippen LogP contribution in [0.2, 0.25) is 0 Å². The smallest absolute Gasteiger partial charge is 0.312 e. The first-order valence-corrected chi connectivity index (χ1v) is 5.07. The quantitative estimate of drug-likeness (QED) is 0.541. The van der Waals surface area contributed by atoms with E-state index in [1.54, 1.807) is 0 Å². The molecule has 1 aromatic rings. The Morgan fingerprint density at radius 1 is 1.38 bits per heavy atom. The Morgan fingerprint density at radius 3 is 2.46 bits per heavy atom. The van der Waals surface area contributed by atoms with Gasteiger partial charge in [0, 0.05) is 6.20 Å². The highest BCUT2D eigenvalue weighted by atomic mass is 32.2. The van der Waals surface area contributed by atoms with E-state index in [9.17, 15) is 18.0 Å². The Labute approximate surface area is 72.9 Å². The zero-order chi connectivity index (χ0) is 10.1. The fraction of sp³-hybridized carbons (Fsp3) is 0.200. The number of rotatable bonds is 2. The van der Waals surface area contributed by atoms with Crippen LogP contribution in [-0.2, 0) is 10.0 Å². The molecule has 7 nitrogen and oxygen atoms in total. The van der Waals surface area contributed by atoms with Gasteiger partial charge in [-0.3, -0.25) is 14.5 Å². The Kier molecular flexibility index (Phi) is 2.24. The highest BCUT2D eigenvalue weighted by molar-refractivity contribution is 7.92. The van der Waals surface area contributed by atoms with Crippen molar-refractivity contribution in [2.24, 2.45) is 0 Å². The van der Waals surface area contributed by atoms with Crippen molar-refractivity contribution in [2.45, 2.75) is 0 Å². The number of nitrogens with one attached hydrogen (secondary N) is 3. The zero-order valence-electron chi connectivity index (χ0n) is 6.62. The van der Waals surface area contributed by atoms with Crippen LogP contribution >= 0.6 is 0 Å². The minimum atomic E-state index is -3.50. The third kappa shape index (κ3) is 2.75. The van der Waals surface area contributed by atoms with Crippen LogP contribution in [-0.4, -0.2) is 24.6 Å². The summed E-state index contributed by atoms with van der Waals surface area (Å²) in [5, 5.41) is 0. The molecule has 0 bridgehead atoms. The topological polar surface area (TPSA) is 112 Å². The summed E-state index contributed by atoms with van der Waals surface area (Å²) >= 11 is 0. The molecule has 0 spiro atoms. The molecule has 0 saturated heterocycles. The third-order valence-corrected chi connectivity index (χ3v) is 1.71. The fourth-order valence-corrected chi connectivity index (χ4v) is 1.24. The van der Waals surface area contributed by atoms with E-state index in [1.807, 2.05) is 9.71 Å². The van der Waals surface area contributed by atoms with Crippen LogP contribution in [0.25, 0.3) is 0 Å². The normalized spacial score (nSPS) is 11.2. The van der Waals surface area contributed by atoms with Gasteiger partial charge in [0.1, 0.15) is 5.69 Å². The Balaban J connectivity index is 3.19. The summed E-state index contributed by atoms with van der Waals surface area (Å²) in [5.41, 5.74) is -1.69. The number of aromatic amines is 2. The second-order valence-electron chi connectivity index (χ2n) is 2.36. The van der Waals surface area contributed by atoms with E-state index in [1.165, 1.54) is 0 Å². The molecule has 0 unspecified atom stereocenters. The molecule has 0 aliphatic rings. The summed E-state index contributed by atoms with van der Waals surface area (Å²) < 4.78 is 23.3. The van der Waals surface area contributed by atoms with Gasteiger partial charge in [-0.1, -0.05) is 0 Å². The molecule has 0 saturated carbocycles. The fourth-order valence-electron chi connectivity index (χ4n) is 0.685. The van der Waals surface area contributed by atoms with Gasteiger partial charge in [-0.25, -0.2) is 13.2 Å². The van der Waals surface area contributed by atoms with Crippen molar-refractivity contribution in [1.29, 1.82) is 0 Å². The van der Waals surface area contributed by atoms with Gasteiger partial charge in [-0.05, 0) is 0 Å². The average molecular weight is 205 g/mol. The predicted octanol–water partition coefficient (Wildman–Crippen LogP) is -1.57. The summed E-state index contributed by atoms with van der Waals surface area (Å²) in [5.74, 6) is 0. The zero-order valence-corrected chi connectivity index (χ0v) is 7.44. The van der Waals surface area contributed by atoms with Crippen LogP contribution in [0.15, 0.2) is 15.8 Å². The first-order valence-electron chi connectivity index (χ1n) is 3.18. The van der Waals surface area contributed by atoms with Gasteiger partial charge in [0.15, 0.2) is 0 Å². The van der Waals surface area contributed by atoms with E-state index in [2.05, 4.69) is 4.98 Å². The molecule has 1 rings (SSSR count). The van der Waals surface area contributed by atoms with Gasteiger partial charge in [0.2, 0.25) is 10.0 Å². The van der Waals surface area contributed by atoms with Gasteiger partial charge < -0.3 is 4.98 Å². The highest BCUT2D eigenvalue weighted by Crippen LogP contribution is 1.94. The highest BCUT2D eigenvalue weighted by Gasteiger charge is 2.05. The van der Waals surface area contributed by atoms with Crippen molar-refractivity contribution in [1.82, 2.24) is 9.97 Å². The summed E-state index contributed by atoms with van der Waals surface area (Å²) in [6, 6.07) is 0. The van der Waals surface area contributed by atoms with Crippen molar-refractivity contribution < 1.29 is 8.42 Å². The predicted molar refractivity (Wildman–Crippen MR) is 46.1 cm³/mol. The molecule has 3 N–H and O–H groups in total. The average Bonchev–Trinajstić information content (AvgIpc) is 1.93. The molecule has 0 radical (unpaired) electrons. The van der Waals surface area contributed by atoms with E-state index in [-0.39, 0.29) is 5.69 Å². The lowest BCUT2D eigenvalue weighted by Crippen LogP contribution is -2.26. The molecule has 1 heterocycles. The van der Waals surface area contributed by atoms with Crippen LogP contribution in [0.1, 0.15) is 0 Å². The van der Waals surface area contributed by atoms with E-state index in [0.29, 0.717) is 0 Å². The van der Waals surface area contributed by atoms with Crippen molar-refractivity contribution in [3.63, 3.8) is 0 Å².